The number of halogens is 1. The molecule has 0 saturated carbocycles. The highest BCUT2D eigenvalue weighted by molar-refractivity contribution is 5.87. The minimum atomic E-state index is -0.677. The summed E-state index contributed by atoms with van der Waals surface area (Å²) in [6.07, 6.45) is 0. The number of carbonyl (C=O) groups is 2. The summed E-state index contributed by atoms with van der Waals surface area (Å²) >= 11 is 0. The van der Waals surface area contributed by atoms with E-state index in [0.29, 0.717) is 6.54 Å². The Bertz CT molecular complexity index is 799. The zero-order chi connectivity index (χ0) is 21.2. The molecule has 1 atom stereocenters. The minimum Gasteiger partial charge on any atom is -0.489 e. The molecule has 29 heavy (non-hydrogen) atoms. The Morgan fingerprint density at radius 1 is 1.07 bits per heavy atom. The molecule has 3 amide bonds. The first-order chi connectivity index (χ1) is 13.9. The fourth-order valence-electron chi connectivity index (χ4n) is 2.69. The Hall–Kier alpha value is -3.09. The molecule has 0 aliphatic heterocycles. The van der Waals surface area contributed by atoms with Gasteiger partial charge in [-0.1, -0.05) is 56.3 Å². The molecule has 2 aromatic carbocycles. The van der Waals surface area contributed by atoms with E-state index < -0.39 is 17.9 Å². The fourth-order valence-corrected chi connectivity index (χ4v) is 2.69. The number of benzene rings is 2. The Labute approximate surface area is 171 Å². The van der Waals surface area contributed by atoms with E-state index in [4.69, 9.17) is 4.74 Å². The van der Waals surface area contributed by atoms with Crippen LogP contribution in [0, 0.1) is 11.7 Å². The van der Waals surface area contributed by atoms with Gasteiger partial charge in [-0.15, -0.1) is 0 Å². The summed E-state index contributed by atoms with van der Waals surface area (Å²) in [4.78, 5) is 26.5. The van der Waals surface area contributed by atoms with Gasteiger partial charge >= 0.3 is 6.03 Å². The summed E-state index contributed by atoms with van der Waals surface area (Å²) in [6.45, 7) is 4.52. The van der Waals surface area contributed by atoms with Gasteiger partial charge in [-0.25, -0.2) is 9.18 Å². The Morgan fingerprint density at radius 2 is 1.72 bits per heavy atom. The maximum atomic E-state index is 13.6. The van der Waals surface area contributed by atoms with Gasteiger partial charge in [0.15, 0.2) is 11.6 Å². The van der Waals surface area contributed by atoms with Crippen molar-refractivity contribution in [1.29, 1.82) is 0 Å². The van der Waals surface area contributed by atoms with Crippen LogP contribution in [0.2, 0.25) is 0 Å². The lowest BCUT2D eigenvalue weighted by atomic mass is 10.0. The minimum absolute atomic E-state index is 0.0973. The first-order valence-corrected chi connectivity index (χ1v) is 9.59. The lowest BCUT2D eigenvalue weighted by Crippen LogP contribution is -2.53. The fraction of sp³-hybridized carbons (Fsp3) is 0.364. The standard InChI is InChI=1S/C22H28FN3O3/c1-16(2)20(25-22(28)24-15-17-9-5-4-6-10-17)21(27)26(3)13-14-29-19-12-8-7-11-18(19)23/h4-12,16,20H,13-15H2,1-3H3,(H2,24,25,28). The molecule has 0 spiro atoms. The van der Waals surface area contributed by atoms with Gasteiger partial charge in [-0.05, 0) is 23.6 Å². The molecular formula is C22H28FN3O3. The largest absolute Gasteiger partial charge is 0.489 e. The number of hydrogen-bond donors (Lipinski definition) is 2. The molecule has 0 bridgehead atoms. The first kappa shape index (κ1) is 22.2. The van der Waals surface area contributed by atoms with Gasteiger partial charge < -0.3 is 20.3 Å². The molecule has 0 fully saturated rings. The molecule has 0 radical (unpaired) electrons. The molecule has 0 aliphatic rings. The number of urea groups is 1. The topological polar surface area (TPSA) is 70.7 Å². The quantitative estimate of drug-likeness (QED) is 0.678. The van der Waals surface area contributed by atoms with Gasteiger partial charge in [0.25, 0.3) is 0 Å². The van der Waals surface area contributed by atoms with Crippen molar-refractivity contribution >= 4 is 11.9 Å². The normalized spacial score (nSPS) is 11.6. The monoisotopic (exact) mass is 401 g/mol. The number of para-hydroxylation sites is 1. The van der Waals surface area contributed by atoms with Crippen LogP contribution in [0.4, 0.5) is 9.18 Å². The van der Waals surface area contributed by atoms with E-state index in [0.717, 1.165) is 5.56 Å². The van der Waals surface area contributed by atoms with Crippen molar-refractivity contribution in [3.8, 4) is 5.75 Å². The van der Waals surface area contributed by atoms with E-state index in [-0.39, 0.29) is 30.7 Å². The number of carbonyl (C=O) groups excluding carboxylic acids is 2. The second-order valence-electron chi connectivity index (χ2n) is 7.07. The average molecular weight is 401 g/mol. The Balaban J connectivity index is 1.83. The molecule has 0 aliphatic carbocycles. The number of nitrogens with zero attached hydrogens (tertiary/aromatic N) is 1. The lowest BCUT2D eigenvalue weighted by Gasteiger charge is -2.27. The lowest BCUT2D eigenvalue weighted by molar-refractivity contribution is -0.133. The molecular weight excluding hydrogens is 373 g/mol. The molecule has 0 aromatic heterocycles. The zero-order valence-electron chi connectivity index (χ0n) is 17.0. The highest BCUT2D eigenvalue weighted by Crippen LogP contribution is 2.15. The van der Waals surface area contributed by atoms with Crippen LogP contribution in [0.1, 0.15) is 19.4 Å². The van der Waals surface area contributed by atoms with Gasteiger partial charge in [-0.2, -0.15) is 0 Å². The average Bonchev–Trinajstić information content (AvgIpc) is 2.71. The summed E-state index contributed by atoms with van der Waals surface area (Å²) in [5.41, 5.74) is 0.970. The van der Waals surface area contributed by atoms with Crippen molar-refractivity contribution < 1.29 is 18.7 Å². The predicted octanol–water partition coefficient (Wildman–Crippen LogP) is 3.19. The van der Waals surface area contributed by atoms with Gasteiger partial charge in [-0.3, -0.25) is 4.79 Å². The Morgan fingerprint density at radius 3 is 2.38 bits per heavy atom. The third-order valence-corrected chi connectivity index (χ3v) is 4.41. The van der Waals surface area contributed by atoms with Crippen LogP contribution in [0.3, 0.4) is 0 Å². The molecule has 2 N–H and O–H groups in total. The number of hydrogen-bond acceptors (Lipinski definition) is 3. The summed E-state index contributed by atoms with van der Waals surface area (Å²) < 4.78 is 19.0. The first-order valence-electron chi connectivity index (χ1n) is 9.59. The van der Waals surface area contributed by atoms with Crippen LogP contribution in [0.25, 0.3) is 0 Å². The molecule has 6 nitrogen and oxygen atoms in total. The van der Waals surface area contributed by atoms with Crippen LogP contribution in [0.15, 0.2) is 54.6 Å². The van der Waals surface area contributed by atoms with Crippen molar-refractivity contribution in [2.75, 3.05) is 20.2 Å². The molecule has 2 rings (SSSR count). The highest BCUT2D eigenvalue weighted by atomic mass is 19.1. The second-order valence-corrected chi connectivity index (χ2v) is 7.07. The molecule has 0 saturated heterocycles. The summed E-state index contributed by atoms with van der Waals surface area (Å²) in [5.74, 6) is -0.627. The Kier molecular flexibility index (Phi) is 8.45. The summed E-state index contributed by atoms with van der Waals surface area (Å²) in [5, 5.41) is 5.50. The molecule has 156 valence electrons. The number of amides is 3. The zero-order valence-corrected chi connectivity index (χ0v) is 17.0. The SMILES string of the molecule is CC(C)C(NC(=O)NCc1ccccc1)C(=O)N(C)CCOc1ccccc1F. The van der Waals surface area contributed by atoms with E-state index in [2.05, 4.69) is 10.6 Å². The molecule has 2 aromatic rings. The molecule has 1 unspecified atom stereocenters. The van der Waals surface area contributed by atoms with Gasteiger partial charge in [0.2, 0.25) is 5.91 Å². The molecule has 0 heterocycles. The maximum absolute atomic E-state index is 13.6. The van der Waals surface area contributed by atoms with Crippen LogP contribution < -0.4 is 15.4 Å². The number of rotatable bonds is 9. The second kappa shape index (κ2) is 11.0. The molecule has 7 heteroatoms. The van der Waals surface area contributed by atoms with E-state index in [1.165, 1.54) is 17.0 Å². The van der Waals surface area contributed by atoms with E-state index >= 15 is 0 Å². The van der Waals surface area contributed by atoms with Gasteiger partial charge in [0.1, 0.15) is 12.6 Å². The van der Waals surface area contributed by atoms with Crippen molar-refractivity contribution in [2.24, 2.45) is 5.92 Å². The number of nitrogens with one attached hydrogen (secondary N) is 2. The predicted molar refractivity (Wildman–Crippen MR) is 110 cm³/mol. The third kappa shape index (κ3) is 7.10. The number of likely N-dealkylation sites (N-methyl/N-ethyl adjacent to an activating group) is 1. The van der Waals surface area contributed by atoms with Crippen molar-refractivity contribution in [2.45, 2.75) is 26.4 Å². The maximum Gasteiger partial charge on any atom is 0.315 e. The van der Waals surface area contributed by atoms with Crippen LogP contribution in [-0.2, 0) is 11.3 Å². The van der Waals surface area contributed by atoms with Gasteiger partial charge in [0, 0.05) is 13.6 Å². The van der Waals surface area contributed by atoms with E-state index in [1.807, 2.05) is 44.2 Å². The smallest absolute Gasteiger partial charge is 0.315 e. The van der Waals surface area contributed by atoms with Gasteiger partial charge in [0.05, 0.1) is 6.54 Å². The van der Waals surface area contributed by atoms with E-state index in [1.54, 1.807) is 19.2 Å². The van der Waals surface area contributed by atoms with Crippen LogP contribution >= 0.6 is 0 Å². The summed E-state index contributed by atoms with van der Waals surface area (Å²) in [7, 11) is 1.63. The summed E-state index contributed by atoms with van der Waals surface area (Å²) in [6, 6.07) is 14.6. The van der Waals surface area contributed by atoms with Crippen molar-refractivity contribution in [3.05, 3.63) is 66.0 Å². The van der Waals surface area contributed by atoms with Crippen LogP contribution in [-0.4, -0.2) is 43.1 Å². The third-order valence-electron chi connectivity index (χ3n) is 4.41. The van der Waals surface area contributed by atoms with Crippen molar-refractivity contribution in [1.82, 2.24) is 15.5 Å². The highest BCUT2D eigenvalue weighted by Gasteiger charge is 2.26. The van der Waals surface area contributed by atoms with Crippen LogP contribution in [0.5, 0.6) is 5.75 Å². The van der Waals surface area contributed by atoms with E-state index in [9.17, 15) is 14.0 Å². The van der Waals surface area contributed by atoms with Crippen molar-refractivity contribution in [3.63, 3.8) is 0 Å². The number of ether oxygens (including phenoxy) is 1.